The second-order valence-corrected chi connectivity index (χ2v) is 4.11. The summed E-state index contributed by atoms with van der Waals surface area (Å²) < 4.78 is 5.89. The van der Waals surface area contributed by atoms with Crippen LogP contribution in [0.4, 0.5) is 0 Å². The minimum absolute atomic E-state index is 0.00245. The molecule has 0 atom stereocenters. The molecule has 0 spiro atoms. The normalized spacial score (nSPS) is 10.9. The predicted octanol–water partition coefficient (Wildman–Crippen LogP) is 0.828. The number of aromatic nitrogens is 2. The Bertz CT molecular complexity index is 429. The van der Waals surface area contributed by atoms with Gasteiger partial charge in [0.15, 0.2) is 5.82 Å². The molecule has 6 heteroatoms. The summed E-state index contributed by atoms with van der Waals surface area (Å²) in [6, 6.07) is 0. The summed E-state index contributed by atoms with van der Waals surface area (Å²) >= 11 is 0. The molecule has 0 aliphatic rings. The topological polar surface area (TPSA) is 68.3 Å². The molecule has 1 aromatic rings. The molecule has 1 aromatic heterocycles. The Morgan fingerprint density at radius 2 is 2.00 bits per heavy atom. The van der Waals surface area contributed by atoms with Crippen LogP contribution in [-0.4, -0.2) is 33.6 Å². The molecule has 0 fully saturated rings. The monoisotopic (exact) mass is 241 g/mol. The highest BCUT2D eigenvalue weighted by Crippen LogP contribution is 2.09. The summed E-state index contributed by atoms with van der Waals surface area (Å²) in [5.74, 6) is -0.113. The highest BCUT2D eigenvalue weighted by molar-refractivity contribution is 5.75. The smallest absolute Gasteiger partial charge is 0.342 e. The van der Waals surface area contributed by atoms with Gasteiger partial charge in [-0.1, -0.05) is 19.0 Å². The van der Waals surface area contributed by atoms with Crippen molar-refractivity contribution in [3.05, 3.63) is 16.4 Å². The third-order valence-corrected chi connectivity index (χ3v) is 2.64. The van der Waals surface area contributed by atoms with Crippen LogP contribution >= 0.6 is 0 Å². The standard InChI is InChI=1S/C11H19N3O3/c1-5-13(6-2)9(15)7-14-10(8(3)4)12-17-11(14)16/h8H,5-7H2,1-4H3. The van der Waals surface area contributed by atoms with Crippen LogP contribution in [0.2, 0.25) is 0 Å². The van der Waals surface area contributed by atoms with Crippen molar-refractivity contribution in [2.75, 3.05) is 13.1 Å². The van der Waals surface area contributed by atoms with E-state index < -0.39 is 5.76 Å². The molecule has 96 valence electrons. The van der Waals surface area contributed by atoms with Gasteiger partial charge in [0.05, 0.1) is 0 Å². The molecule has 0 aliphatic heterocycles. The van der Waals surface area contributed by atoms with Crippen molar-refractivity contribution in [3.8, 4) is 0 Å². The lowest BCUT2D eigenvalue weighted by atomic mass is 10.2. The molecule has 1 heterocycles. The fraction of sp³-hybridized carbons (Fsp3) is 0.727. The third kappa shape index (κ3) is 2.95. The van der Waals surface area contributed by atoms with Crippen LogP contribution in [0.1, 0.15) is 39.4 Å². The minimum atomic E-state index is -0.575. The van der Waals surface area contributed by atoms with Gasteiger partial charge in [-0.05, 0) is 13.8 Å². The Hall–Kier alpha value is -1.59. The molecule has 0 unspecified atom stereocenters. The van der Waals surface area contributed by atoms with Gasteiger partial charge in [-0.25, -0.2) is 4.79 Å². The third-order valence-electron chi connectivity index (χ3n) is 2.64. The average Bonchev–Trinajstić information content (AvgIpc) is 2.62. The number of rotatable bonds is 5. The summed E-state index contributed by atoms with van der Waals surface area (Å²) in [5, 5.41) is 3.68. The predicted molar refractivity (Wildman–Crippen MR) is 62.8 cm³/mol. The lowest BCUT2D eigenvalue weighted by molar-refractivity contribution is -0.131. The zero-order chi connectivity index (χ0) is 13.0. The maximum atomic E-state index is 11.9. The Morgan fingerprint density at radius 1 is 1.41 bits per heavy atom. The molecule has 0 N–H and O–H groups in total. The molecule has 1 amide bonds. The van der Waals surface area contributed by atoms with Crippen LogP contribution in [-0.2, 0) is 11.3 Å². The second kappa shape index (κ2) is 5.65. The van der Waals surface area contributed by atoms with E-state index in [4.69, 9.17) is 0 Å². The van der Waals surface area contributed by atoms with E-state index in [2.05, 4.69) is 9.68 Å². The first-order valence-electron chi connectivity index (χ1n) is 5.85. The number of hydrogen-bond donors (Lipinski definition) is 0. The molecule has 6 nitrogen and oxygen atoms in total. The largest absolute Gasteiger partial charge is 0.442 e. The molecule has 0 aromatic carbocycles. The highest BCUT2D eigenvalue weighted by Gasteiger charge is 2.18. The number of nitrogens with zero attached hydrogens (tertiary/aromatic N) is 3. The maximum absolute atomic E-state index is 11.9. The summed E-state index contributed by atoms with van der Waals surface area (Å²) in [5.41, 5.74) is 0. The van der Waals surface area contributed by atoms with Gasteiger partial charge in [0.25, 0.3) is 0 Å². The van der Waals surface area contributed by atoms with Crippen molar-refractivity contribution >= 4 is 5.91 Å². The van der Waals surface area contributed by atoms with Gasteiger partial charge in [-0.15, -0.1) is 0 Å². The maximum Gasteiger partial charge on any atom is 0.442 e. The van der Waals surface area contributed by atoms with Crippen LogP contribution < -0.4 is 5.76 Å². The van der Waals surface area contributed by atoms with E-state index in [0.717, 1.165) is 0 Å². The van der Waals surface area contributed by atoms with Crippen molar-refractivity contribution < 1.29 is 9.32 Å². The molecule has 1 rings (SSSR count). The van der Waals surface area contributed by atoms with E-state index in [1.165, 1.54) is 4.57 Å². The first-order valence-corrected chi connectivity index (χ1v) is 5.85. The Labute approximate surface area is 100 Å². The van der Waals surface area contributed by atoms with Crippen LogP contribution in [0.3, 0.4) is 0 Å². The Morgan fingerprint density at radius 3 is 2.47 bits per heavy atom. The number of hydrogen-bond acceptors (Lipinski definition) is 4. The number of carbonyl (C=O) groups is 1. The lowest BCUT2D eigenvalue weighted by Gasteiger charge is -2.18. The van der Waals surface area contributed by atoms with Gasteiger partial charge in [0, 0.05) is 19.0 Å². The van der Waals surface area contributed by atoms with E-state index >= 15 is 0 Å². The summed E-state index contributed by atoms with van der Waals surface area (Å²) in [6.07, 6.45) is 0. The molecule has 0 aliphatic carbocycles. The molecule has 0 bridgehead atoms. The highest BCUT2D eigenvalue weighted by atomic mass is 16.5. The number of carbonyl (C=O) groups excluding carboxylic acids is 1. The second-order valence-electron chi connectivity index (χ2n) is 4.11. The first kappa shape index (κ1) is 13.5. The minimum Gasteiger partial charge on any atom is -0.342 e. The summed E-state index contributed by atoms with van der Waals surface area (Å²) in [6.45, 7) is 8.87. The lowest BCUT2D eigenvalue weighted by Crippen LogP contribution is -2.36. The first-order chi connectivity index (χ1) is 8.01. The number of amides is 1. The van der Waals surface area contributed by atoms with Crippen molar-refractivity contribution in [1.29, 1.82) is 0 Å². The van der Waals surface area contributed by atoms with Crippen molar-refractivity contribution in [3.63, 3.8) is 0 Å². The quantitative estimate of drug-likeness (QED) is 0.765. The van der Waals surface area contributed by atoms with Gasteiger partial charge in [-0.2, -0.15) is 0 Å². The summed E-state index contributed by atoms with van der Waals surface area (Å²) in [7, 11) is 0. The SMILES string of the molecule is CCN(CC)C(=O)Cn1c(C(C)C)noc1=O. The summed E-state index contributed by atoms with van der Waals surface area (Å²) in [4.78, 5) is 25.0. The molecule has 0 saturated carbocycles. The zero-order valence-corrected chi connectivity index (χ0v) is 10.8. The van der Waals surface area contributed by atoms with Gasteiger partial charge >= 0.3 is 5.76 Å². The van der Waals surface area contributed by atoms with Gasteiger partial charge in [-0.3, -0.25) is 13.9 Å². The molecule has 0 saturated heterocycles. The van der Waals surface area contributed by atoms with E-state index in [-0.39, 0.29) is 18.4 Å². The molecular formula is C11H19N3O3. The van der Waals surface area contributed by atoms with Gasteiger partial charge < -0.3 is 4.90 Å². The Balaban J connectivity index is 2.91. The van der Waals surface area contributed by atoms with E-state index in [1.807, 2.05) is 27.7 Å². The number of likely N-dealkylation sites (N-methyl/N-ethyl adjacent to an activating group) is 1. The fourth-order valence-electron chi connectivity index (χ4n) is 1.65. The Kier molecular flexibility index (Phi) is 4.48. The zero-order valence-electron chi connectivity index (χ0n) is 10.8. The van der Waals surface area contributed by atoms with Crippen molar-refractivity contribution in [1.82, 2.24) is 14.6 Å². The van der Waals surface area contributed by atoms with E-state index in [0.29, 0.717) is 18.9 Å². The molecule has 17 heavy (non-hydrogen) atoms. The molecule has 0 radical (unpaired) electrons. The van der Waals surface area contributed by atoms with Gasteiger partial charge in [0.1, 0.15) is 6.54 Å². The van der Waals surface area contributed by atoms with E-state index in [1.54, 1.807) is 4.90 Å². The van der Waals surface area contributed by atoms with Gasteiger partial charge in [0.2, 0.25) is 5.91 Å². The van der Waals surface area contributed by atoms with E-state index in [9.17, 15) is 9.59 Å². The average molecular weight is 241 g/mol. The molecular weight excluding hydrogens is 222 g/mol. The van der Waals surface area contributed by atoms with Crippen molar-refractivity contribution in [2.24, 2.45) is 0 Å². The van der Waals surface area contributed by atoms with Crippen LogP contribution in [0.15, 0.2) is 9.32 Å². The van der Waals surface area contributed by atoms with Crippen LogP contribution in [0.25, 0.3) is 0 Å². The van der Waals surface area contributed by atoms with Crippen LogP contribution in [0.5, 0.6) is 0 Å². The fourth-order valence-corrected chi connectivity index (χ4v) is 1.65. The van der Waals surface area contributed by atoms with Crippen LogP contribution in [0, 0.1) is 0 Å². The van der Waals surface area contributed by atoms with Crippen molar-refractivity contribution in [2.45, 2.75) is 40.2 Å².